The Morgan fingerprint density at radius 2 is 1.63 bits per heavy atom. The lowest BCUT2D eigenvalue weighted by atomic mass is 10.1. The van der Waals surface area contributed by atoms with Crippen LogP contribution >= 0.6 is 0 Å². The number of nitrogens with zero attached hydrogens (tertiary/aromatic N) is 3. The fraction of sp³-hybridized carbons (Fsp3) is 0.400. The number of Topliss-reactive ketones (excluding diaryl/α,β-unsaturated/α-hetero) is 1. The number of aromatic nitrogens is 1. The van der Waals surface area contributed by atoms with E-state index < -0.39 is 6.10 Å². The molecule has 0 saturated carbocycles. The second-order valence-corrected chi connectivity index (χ2v) is 8.35. The number of fused-ring (bicyclic) bond motifs is 1. The van der Waals surface area contributed by atoms with Crippen LogP contribution in [0.1, 0.15) is 35.8 Å². The second-order valence-electron chi connectivity index (χ2n) is 8.35. The van der Waals surface area contributed by atoms with Crippen molar-refractivity contribution < 1.29 is 9.90 Å². The van der Waals surface area contributed by atoms with Gasteiger partial charge in [0.1, 0.15) is 0 Å². The zero-order valence-electron chi connectivity index (χ0n) is 17.9. The van der Waals surface area contributed by atoms with Crippen molar-refractivity contribution in [1.29, 1.82) is 0 Å². The molecule has 1 fully saturated rings. The first-order chi connectivity index (χ1) is 14.5. The zero-order chi connectivity index (χ0) is 21.1. The Morgan fingerprint density at radius 1 is 0.967 bits per heavy atom. The van der Waals surface area contributed by atoms with Gasteiger partial charge in [0.15, 0.2) is 5.78 Å². The third-order valence-electron chi connectivity index (χ3n) is 6.28. The summed E-state index contributed by atoms with van der Waals surface area (Å²) in [5.41, 5.74) is 3.08. The van der Waals surface area contributed by atoms with Gasteiger partial charge >= 0.3 is 0 Å². The zero-order valence-corrected chi connectivity index (χ0v) is 17.9. The molecular formula is C25H31N3O2. The fourth-order valence-electron chi connectivity index (χ4n) is 4.54. The molecule has 5 nitrogen and oxygen atoms in total. The largest absolute Gasteiger partial charge is 0.390 e. The lowest BCUT2D eigenvalue weighted by molar-refractivity contribution is 0.0531. The molecule has 2 atom stereocenters. The van der Waals surface area contributed by atoms with Crippen molar-refractivity contribution in [3.05, 3.63) is 71.9 Å². The van der Waals surface area contributed by atoms with E-state index in [1.165, 1.54) is 5.56 Å². The Kier molecular flexibility index (Phi) is 6.32. The number of rotatable bonds is 7. The molecule has 1 aliphatic rings. The molecule has 2 unspecified atom stereocenters. The number of ketones is 1. The minimum Gasteiger partial charge on any atom is -0.390 e. The number of carbonyl (C=O) groups excluding carboxylic acids is 1. The monoisotopic (exact) mass is 405 g/mol. The van der Waals surface area contributed by atoms with Gasteiger partial charge in [-0.05, 0) is 25.5 Å². The number of aliphatic hydroxyl groups excluding tert-OH is 1. The van der Waals surface area contributed by atoms with Crippen LogP contribution in [0.25, 0.3) is 10.9 Å². The number of β-amino-alcohol motifs (C(OH)–C–C–N with tert-alkyl or cyclic N) is 1. The van der Waals surface area contributed by atoms with E-state index in [0.29, 0.717) is 19.1 Å². The molecule has 2 heterocycles. The van der Waals surface area contributed by atoms with Gasteiger partial charge in [0.2, 0.25) is 0 Å². The molecule has 0 aliphatic carbocycles. The third kappa shape index (κ3) is 4.48. The van der Waals surface area contributed by atoms with Gasteiger partial charge in [-0.3, -0.25) is 14.6 Å². The molecule has 1 saturated heterocycles. The van der Waals surface area contributed by atoms with E-state index in [4.69, 9.17) is 0 Å². The molecule has 30 heavy (non-hydrogen) atoms. The average molecular weight is 406 g/mol. The second kappa shape index (κ2) is 9.13. The van der Waals surface area contributed by atoms with Gasteiger partial charge in [-0.1, -0.05) is 48.5 Å². The molecule has 1 aromatic heterocycles. The first kappa shape index (κ1) is 20.8. The number of carbonyl (C=O) groups is 1. The maximum absolute atomic E-state index is 12.0. The third-order valence-corrected chi connectivity index (χ3v) is 6.28. The van der Waals surface area contributed by atoms with Crippen molar-refractivity contribution >= 4 is 16.7 Å². The first-order valence-corrected chi connectivity index (χ1v) is 10.8. The van der Waals surface area contributed by atoms with E-state index in [0.717, 1.165) is 42.6 Å². The van der Waals surface area contributed by atoms with Crippen LogP contribution in [0.2, 0.25) is 0 Å². The molecule has 158 valence electrons. The Labute approximate surface area is 178 Å². The number of hydrogen-bond acceptors (Lipinski definition) is 4. The van der Waals surface area contributed by atoms with Crippen LogP contribution in [-0.4, -0.2) is 64.1 Å². The summed E-state index contributed by atoms with van der Waals surface area (Å²) in [6.07, 6.45) is 1.41. The lowest BCUT2D eigenvalue weighted by Crippen LogP contribution is -2.49. The van der Waals surface area contributed by atoms with Crippen LogP contribution in [0, 0.1) is 0 Å². The van der Waals surface area contributed by atoms with E-state index in [-0.39, 0.29) is 5.78 Å². The maximum Gasteiger partial charge on any atom is 0.161 e. The van der Waals surface area contributed by atoms with E-state index in [9.17, 15) is 9.90 Å². The van der Waals surface area contributed by atoms with Gasteiger partial charge in [-0.25, -0.2) is 0 Å². The summed E-state index contributed by atoms with van der Waals surface area (Å²) < 4.78 is 2.02. The van der Waals surface area contributed by atoms with Crippen LogP contribution in [0.5, 0.6) is 0 Å². The standard InChI is InChI=1S/C25H31N3O2/c1-19(21-8-4-3-5-9-21)27-14-12-26(13-15-27)16-22(30)17-28-18-24(20(2)29)23-10-6-7-11-25(23)28/h3-11,18-19,22,30H,12-17H2,1-2H3. The van der Waals surface area contributed by atoms with E-state index in [1.807, 2.05) is 35.0 Å². The first-order valence-electron chi connectivity index (χ1n) is 10.8. The van der Waals surface area contributed by atoms with Gasteiger partial charge in [-0.15, -0.1) is 0 Å². The van der Waals surface area contributed by atoms with Crippen molar-refractivity contribution in [1.82, 2.24) is 14.4 Å². The van der Waals surface area contributed by atoms with Crippen LogP contribution in [0.3, 0.4) is 0 Å². The minimum absolute atomic E-state index is 0.0584. The predicted octanol–water partition coefficient (Wildman–Crippen LogP) is 3.58. The fourth-order valence-corrected chi connectivity index (χ4v) is 4.54. The number of benzene rings is 2. The summed E-state index contributed by atoms with van der Waals surface area (Å²) in [6.45, 7) is 8.93. The SMILES string of the molecule is CC(=O)c1cn(CC(O)CN2CCN(C(C)c3ccccc3)CC2)c2ccccc12. The number of hydrogen-bond donors (Lipinski definition) is 1. The highest BCUT2D eigenvalue weighted by Crippen LogP contribution is 2.23. The van der Waals surface area contributed by atoms with Crippen molar-refractivity contribution in [2.75, 3.05) is 32.7 Å². The summed E-state index contributed by atoms with van der Waals surface area (Å²) in [5.74, 6) is 0.0584. The van der Waals surface area contributed by atoms with Crippen LogP contribution < -0.4 is 0 Å². The molecule has 0 radical (unpaired) electrons. The van der Waals surface area contributed by atoms with E-state index in [2.05, 4.69) is 47.1 Å². The van der Waals surface area contributed by atoms with Crippen molar-refractivity contribution in [2.24, 2.45) is 0 Å². The number of piperazine rings is 1. The molecule has 4 rings (SSSR count). The van der Waals surface area contributed by atoms with Crippen LogP contribution in [0.4, 0.5) is 0 Å². The quantitative estimate of drug-likeness (QED) is 0.611. The highest BCUT2D eigenvalue weighted by Gasteiger charge is 2.23. The molecule has 1 N–H and O–H groups in total. The average Bonchev–Trinajstić information content (AvgIpc) is 3.13. The van der Waals surface area contributed by atoms with E-state index in [1.54, 1.807) is 6.92 Å². The van der Waals surface area contributed by atoms with Crippen molar-refractivity contribution in [3.63, 3.8) is 0 Å². The maximum atomic E-state index is 12.0. The number of para-hydroxylation sites is 1. The van der Waals surface area contributed by atoms with Crippen LogP contribution in [-0.2, 0) is 6.54 Å². The molecule has 0 amide bonds. The van der Waals surface area contributed by atoms with Crippen LogP contribution in [0.15, 0.2) is 60.8 Å². The molecule has 0 bridgehead atoms. The molecule has 3 aromatic rings. The Balaban J connectivity index is 1.34. The van der Waals surface area contributed by atoms with Gasteiger partial charge < -0.3 is 9.67 Å². The van der Waals surface area contributed by atoms with E-state index >= 15 is 0 Å². The summed E-state index contributed by atoms with van der Waals surface area (Å²) in [7, 11) is 0. The highest BCUT2D eigenvalue weighted by molar-refractivity contribution is 6.06. The Morgan fingerprint density at radius 3 is 2.33 bits per heavy atom. The summed E-state index contributed by atoms with van der Waals surface area (Å²) in [4.78, 5) is 16.8. The normalized spacial score (nSPS) is 17.8. The smallest absolute Gasteiger partial charge is 0.161 e. The lowest BCUT2D eigenvalue weighted by Gasteiger charge is -2.38. The summed E-state index contributed by atoms with van der Waals surface area (Å²) in [6, 6.07) is 19.0. The Hall–Kier alpha value is -2.47. The summed E-state index contributed by atoms with van der Waals surface area (Å²) >= 11 is 0. The molecule has 5 heteroatoms. The highest BCUT2D eigenvalue weighted by atomic mass is 16.3. The number of aliphatic hydroxyl groups is 1. The molecular weight excluding hydrogens is 374 g/mol. The molecule has 0 spiro atoms. The van der Waals surface area contributed by atoms with Gasteiger partial charge in [0.25, 0.3) is 0 Å². The molecule has 1 aliphatic heterocycles. The minimum atomic E-state index is -0.473. The molecule has 2 aromatic carbocycles. The van der Waals surface area contributed by atoms with Crippen molar-refractivity contribution in [3.8, 4) is 0 Å². The van der Waals surface area contributed by atoms with Gasteiger partial charge in [-0.2, -0.15) is 0 Å². The Bertz CT molecular complexity index is 990. The van der Waals surface area contributed by atoms with Gasteiger partial charge in [0.05, 0.1) is 6.10 Å². The summed E-state index contributed by atoms with van der Waals surface area (Å²) in [5, 5.41) is 11.7. The van der Waals surface area contributed by atoms with Crippen molar-refractivity contribution in [2.45, 2.75) is 32.5 Å². The van der Waals surface area contributed by atoms with Gasteiger partial charge in [0, 0.05) is 68.0 Å². The topological polar surface area (TPSA) is 48.7 Å². The predicted molar refractivity (Wildman–Crippen MR) is 121 cm³/mol.